The first-order valence-electron chi connectivity index (χ1n) is 5.92. The van der Waals surface area contributed by atoms with Gasteiger partial charge < -0.3 is 11.1 Å². The first-order valence-corrected chi connectivity index (χ1v) is 5.92. The summed E-state index contributed by atoms with van der Waals surface area (Å²) in [6, 6.07) is 1.42. The number of aromatic nitrogens is 2. The Bertz CT molecular complexity index is 340. The van der Waals surface area contributed by atoms with Gasteiger partial charge in [0, 0.05) is 25.5 Å². The number of nitrogens with one attached hydrogen (secondary N) is 1. The van der Waals surface area contributed by atoms with Gasteiger partial charge in [-0.25, -0.2) is 0 Å². The quantitative estimate of drug-likeness (QED) is 0.744. The largest absolute Gasteiger partial charge is 0.355 e. The van der Waals surface area contributed by atoms with Crippen LogP contribution in [0.15, 0.2) is 18.5 Å². The van der Waals surface area contributed by atoms with Crippen LogP contribution in [0.3, 0.4) is 0 Å². The predicted molar refractivity (Wildman–Crippen MR) is 67.3 cm³/mol. The summed E-state index contributed by atoms with van der Waals surface area (Å²) in [6.45, 7) is 7.31. The fraction of sp³-hybridized carbons (Fsp3) is 0.667. The Kier molecular flexibility index (Phi) is 4.69. The van der Waals surface area contributed by atoms with Crippen molar-refractivity contribution in [3.63, 3.8) is 0 Å². The van der Waals surface area contributed by atoms with Gasteiger partial charge >= 0.3 is 0 Å². The second-order valence-corrected chi connectivity index (χ2v) is 5.26. The van der Waals surface area contributed by atoms with Gasteiger partial charge in [-0.2, -0.15) is 5.10 Å². The van der Waals surface area contributed by atoms with Crippen molar-refractivity contribution in [3.05, 3.63) is 18.5 Å². The molecular formula is C12H22N4O. The fourth-order valence-corrected chi connectivity index (χ4v) is 1.39. The summed E-state index contributed by atoms with van der Waals surface area (Å²) in [5.74, 6) is -0.0852. The highest BCUT2D eigenvalue weighted by Crippen LogP contribution is 2.16. The van der Waals surface area contributed by atoms with Crippen LogP contribution in [0.25, 0.3) is 0 Å². The van der Waals surface area contributed by atoms with Gasteiger partial charge in [0.15, 0.2) is 0 Å². The third kappa shape index (κ3) is 4.56. The Hall–Kier alpha value is -1.36. The molecule has 0 aliphatic carbocycles. The highest BCUT2D eigenvalue weighted by molar-refractivity contribution is 5.82. The van der Waals surface area contributed by atoms with Crippen molar-refractivity contribution in [1.82, 2.24) is 15.1 Å². The molecule has 1 aromatic heterocycles. The van der Waals surface area contributed by atoms with E-state index >= 15 is 0 Å². The molecule has 1 unspecified atom stereocenters. The molecule has 1 atom stereocenters. The van der Waals surface area contributed by atoms with Gasteiger partial charge in [-0.05, 0) is 17.9 Å². The molecule has 0 radical (unpaired) electrons. The van der Waals surface area contributed by atoms with Gasteiger partial charge in [0.25, 0.3) is 0 Å². The second-order valence-electron chi connectivity index (χ2n) is 5.26. The number of amides is 1. The average molecular weight is 238 g/mol. The Balaban J connectivity index is 2.20. The molecule has 1 rings (SSSR count). The maximum absolute atomic E-state index is 11.7. The molecule has 1 heterocycles. The third-order valence-electron chi connectivity index (χ3n) is 2.64. The van der Waals surface area contributed by atoms with Crippen LogP contribution in [0.1, 0.15) is 27.2 Å². The van der Waals surface area contributed by atoms with E-state index in [4.69, 9.17) is 5.73 Å². The molecule has 96 valence electrons. The maximum Gasteiger partial charge on any atom is 0.237 e. The number of rotatable bonds is 5. The Morgan fingerprint density at radius 2 is 2.24 bits per heavy atom. The maximum atomic E-state index is 11.7. The first kappa shape index (κ1) is 13.7. The van der Waals surface area contributed by atoms with E-state index in [1.165, 1.54) is 0 Å². The minimum Gasteiger partial charge on any atom is -0.355 e. The molecule has 0 spiro atoms. The lowest BCUT2D eigenvalue weighted by Gasteiger charge is -2.25. The Morgan fingerprint density at radius 1 is 1.53 bits per heavy atom. The zero-order valence-corrected chi connectivity index (χ0v) is 10.8. The number of carbonyl (C=O) groups is 1. The molecule has 0 bridgehead atoms. The summed E-state index contributed by atoms with van der Waals surface area (Å²) in [5, 5.41) is 6.93. The number of nitrogens with two attached hydrogens (primary N) is 1. The molecule has 0 saturated carbocycles. The van der Waals surface area contributed by atoms with Crippen LogP contribution < -0.4 is 11.1 Å². The summed E-state index contributed by atoms with van der Waals surface area (Å²) in [5.41, 5.74) is 5.64. The zero-order valence-electron chi connectivity index (χ0n) is 10.8. The second kappa shape index (κ2) is 5.82. The van der Waals surface area contributed by atoms with Crippen molar-refractivity contribution in [2.75, 3.05) is 6.54 Å². The molecule has 5 heteroatoms. The zero-order chi connectivity index (χ0) is 12.9. The van der Waals surface area contributed by atoms with Crippen molar-refractivity contribution >= 4 is 5.91 Å². The van der Waals surface area contributed by atoms with Crippen LogP contribution in [0, 0.1) is 5.41 Å². The Labute approximate surface area is 102 Å². The van der Waals surface area contributed by atoms with E-state index in [2.05, 4.69) is 10.4 Å². The van der Waals surface area contributed by atoms with Crippen molar-refractivity contribution in [1.29, 1.82) is 0 Å². The van der Waals surface area contributed by atoms with Crippen molar-refractivity contribution in [2.45, 2.75) is 39.8 Å². The summed E-state index contributed by atoms with van der Waals surface area (Å²) in [6.07, 6.45) is 4.50. The molecule has 0 aromatic carbocycles. The molecule has 17 heavy (non-hydrogen) atoms. The fourth-order valence-electron chi connectivity index (χ4n) is 1.39. The van der Waals surface area contributed by atoms with Crippen LogP contribution in [0.5, 0.6) is 0 Å². The molecule has 1 aromatic rings. The van der Waals surface area contributed by atoms with Gasteiger partial charge in [-0.3, -0.25) is 9.48 Å². The first-order chi connectivity index (χ1) is 7.91. The van der Waals surface area contributed by atoms with Crippen LogP contribution in [-0.4, -0.2) is 28.3 Å². The van der Waals surface area contributed by atoms with E-state index in [-0.39, 0.29) is 11.3 Å². The topological polar surface area (TPSA) is 72.9 Å². The number of nitrogens with zero attached hydrogens (tertiary/aromatic N) is 2. The van der Waals surface area contributed by atoms with E-state index < -0.39 is 6.04 Å². The third-order valence-corrected chi connectivity index (χ3v) is 2.64. The minimum atomic E-state index is -0.466. The molecule has 1 amide bonds. The standard InChI is InChI=1S/C12H22N4O/c1-12(2,3)10(13)11(17)14-6-4-8-16-9-5-7-15-16/h5,7,9-10H,4,6,8,13H2,1-3H3,(H,14,17). The number of hydrogen-bond acceptors (Lipinski definition) is 3. The van der Waals surface area contributed by atoms with Gasteiger partial charge in [-0.1, -0.05) is 20.8 Å². The lowest BCUT2D eigenvalue weighted by Crippen LogP contribution is -2.48. The summed E-state index contributed by atoms with van der Waals surface area (Å²) in [4.78, 5) is 11.7. The number of hydrogen-bond donors (Lipinski definition) is 2. The van der Waals surface area contributed by atoms with E-state index in [1.807, 2.05) is 37.7 Å². The van der Waals surface area contributed by atoms with Crippen LogP contribution in [-0.2, 0) is 11.3 Å². The lowest BCUT2D eigenvalue weighted by atomic mass is 9.87. The number of carbonyl (C=O) groups excluding carboxylic acids is 1. The van der Waals surface area contributed by atoms with Gasteiger partial charge in [0.05, 0.1) is 6.04 Å². The van der Waals surface area contributed by atoms with Crippen molar-refractivity contribution < 1.29 is 4.79 Å². The number of aryl methyl sites for hydroxylation is 1. The monoisotopic (exact) mass is 238 g/mol. The highest BCUT2D eigenvalue weighted by Gasteiger charge is 2.26. The molecule has 0 fully saturated rings. The smallest absolute Gasteiger partial charge is 0.237 e. The van der Waals surface area contributed by atoms with Crippen LogP contribution >= 0.6 is 0 Å². The summed E-state index contributed by atoms with van der Waals surface area (Å²) >= 11 is 0. The predicted octanol–water partition coefficient (Wildman–Crippen LogP) is 0.763. The summed E-state index contributed by atoms with van der Waals surface area (Å²) in [7, 11) is 0. The molecule has 3 N–H and O–H groups in total. The van der Waals surface area contributed by atoms with Gasteiger partial charge in [0.2, 0.25) is 5.91 Å². The van der Waals surface area contributed by atoms with E-state index in [1.54, 1.807) is 6.20 Å². The molecular weight excluding hydrogens is 216 g/mol. The molecule has 0 aliphatic rings. The van der Waals surface area contributed by atoms with Gasteiger partial charge in [-0.15, -0.1) is 0 Å². The average Bonchev–Trinajstić information content (AvgIpc) is 2.74. The highest BCUT2D eigenvalue weighted by atomic mass is 16.2. The lowest BCUT2D eigenvalue weighted by molar-refractivity contribution is -0.124. The van der Waals surface area contributed by atoms with E-state index in [9.17, 15) is 4.79 Å². The van der Waals surface area contributed by atoms with Crippen LogP contribution in [0.2, 0.25) is 0 Å². The SMILES string of the molecule is CC(C)(C)C(N)C(=O)NCCCn1cccn1. The van der Waals surface area contributed by atoms with Crippen molar-refractivity contribution in [3.8, 4) is 0 Å². The minimum absolute atomic E-state index is 0.0852. The molecule has 0 saturated heterocycles. The van der Waals surface area contributed by atoms with Gasteiger partial charge in [0.1, 0.15) is 0 Å². The summed E-state index contributed by atoms with van der Waals surface area (Å²) < 4.78 is 1.84. The molecule has 5 nitrogen and oxygen atoms in total. The van der Waals surface area contributed by atoms with Crippen molar-refractivity contribution in [2.24, 2.45) is 11.1 Å². The molecule has 0 aliphatic heterocycles. The van der Waals surface area contributed by atoms with Crippen LogP contribution in [0.4, 0.5) is 0 Å². The van der Waals surface area contributed by atoms with E-state index in [0.717, 1.165) is 13.0 Å². The van der Waals surface area contributed by atoms with E-state index in [0.29, 0.717) is 6.54 Å². The Morgan fingerprint density at radius 3 is 2.76 bits per heavy atom. The normalized spacial score (nSPS) is 13.4.